The molecule has 0 bridgehead atoms. The lowest BCUT2D eigenvalue weighted by Gasteiger charge is -2.31. The van der Waals surface area contributed by atoms with Crippen LogP contribution in [0.15, 0.2) is 41.1 Å². The van der Waals surface area contributed by atoms with Crippen LogP contribution in [0, 0.1) is 5.82 Å². The van der Waals surface area contributed by atoms with Crippen LogP contribution in [0.4, 0.5) is 4.39 Å². The van der Waals surface area contributed by atoms with Gasteiger partial charge in [0.15, 0.2) is 5.82 Å². The predicted molar refractivity (Wildman–Crippen MR) is 90.8 cm³/mol. The van der Waals surface area contributed by atoms with Crippen molar-refractivity contribution in [3.8, 4) is 11.5 Å². The Bertz CT molecular complexity index is 935. The van der Waals surface area contributed by atoms with Gasteiger partial charge in [0.05, 0.1) is 0 Å². The van der Waals surface area contributed by atoms with Crippen molar-refractivity contribution >= 4 is 5.91 Å². The Morgan fingerprint density at radius 2 is 2.23 bits per heavy atom. The summed E-state index contributed by atoms with van der Waals surface area (Å²) in [6.07, 6.45) is 3.34. The van der Waals surface area contributed by atoms with Gasteiger partial charge < -0.3 is 9.42 Å². The van der Waals surface area contributed by atoms with E-state index in [0.29, 0.717) is 30.2 Å². The van der Waals surface area contributed by atoms with Crippen LogP contribution in [0.5, 0.6) is 0 Å². The zero-order chi connectivity index (χ0) is 18.1. The van der Waals surface area contributed by atoms with Gasteiger partial charge in [0.25, 0.3) is 11.8 Å². The number of benzene rings is 1. The second kappa shape index (κ2) is 6.70. The minimum absolute atomic E-state index is 0.00742. The molecule has 1 atom stereocenters. The molecule has 26 heavy (non-hydrogen) atoms. The van der Waals surface area contributed by atoms with E-state index in [9.17, 15) is 9.18 Å². The Hall–Kier alpha value is -3.03. The van der Waals surface area contributed by atoms with Crippen molar-refractivity contribution in [2.75, 3.05) is 13.1 Å². The number of nitrogens with zero attached hydrogens (tertiary/aromatic N) is 5. The summed E-state index contributed by atoms with van der Waals surface area (Å²) in [4.78, 5) is 18.9. The van der Waals surface area contributed by atoms with Crippen LogP contribution in [-0.4, -0.2) is 43.8 Å². The summed E-state index contributed by atoms with van der Waals surface area (Å²) in [6, 6.07) is 7.76. The smallest absolute Gasteiger partial charge is 0.272 e. The molecule has 0 saturated carbocycles. The third-order valence-electron chi connectivity index (χ3n) is 4.63. The number of rotatable bonds is 3. The van der Waals surface area contributed by atoms with Crippen molar-refractivity contribution < 1.29 is 13.7 Å². The van der Waals surface area contributed by atoms with E-state index < -0.39 is 0 Å². The molecule has 1 aliphatic heterocycles. The third kappa shape index (κ3) is 3.10. The van der Waals surface area contributed by atoms with E-state index in [2.05, 4.69) is 15.2 Å². The Labute approximate surface area is 149 Å². The summed E-state index contributed by atoms with van der Waals surface area (Å²) >= 11 is 0. The molecule has 8 heteroatoms. The highest BCUT2D eigenvalue weighted by Gasteiger charge is 2.29. The fraction of sp³-hybridized carbons (Fsp3) is 0.333. The number of piperidine rings is 1. The highest BCUT2D eigenvalue weighted by atomic mass is 19.1. The largest absolute Gasteiger partial charge is 0.337 e. The van der Waals surface area contributed by atoms with Crippen molar-refractivity contribution in [1.29, 1.82) is 0 Å². The van der Waals surface area contributed by atoms with E-state index in [1.165, 1.54) is 12.1 Å². The average Bonchev–Trinajstić information content (AvgIpc) is 3.30. The van der Waals surface area contributed by atoms with Crippen LogP contribution in [0.3, 0.4) is 0 Å². The number of hydrogen-bond donors (Lipinski definition) is 0. The first-order chi connectivity index (χ1) is 12.6. The first-order valence-corrected chi connectivity index (χ1v) is 8.48. The van der Waals surface area contributed by atoms with Crippen molar-refractivity contribution in [1.82, 2.24) is 24.8 Å². The van der Waals surface area contributed by atoms with Crippen LogP contribution in [0.2, 0.25) is 0 Å². The van der Waals surface area contributed by atoms with E-state index in [4.69, 9.17) is 4.52 Å². The molecule has 1 aromatic carbocycles. The summed E-state index contributed by atoms with van der Waals surface area (Å²) in [7, 11) is 1.75. The third-order valence-corrected chi connectivity index (χ3v) is 4.63. The van der Waals surface area contributed by atoms with Gasteiger partial charge in [0.2, 0.25) is 0 Å². The topological polar surface area (TPSA) is 77.0 Å². The van der Waals surface area contributed by atoms with E-state index >= 15 is 0 Å². The number of aryl methyl sites for hydroxylation is 1. The standard InChI is InChI=1S/C18H18FN5O2/c1-23-15(7-8-20-23)18(25)24-9-3-5-13(11-24)16-21-17(26-22-16)12-4-2-6-14(19)10-12/h2,4,6-8,10,13H,3,5,9,11H2,1H3/t13-/m0/s1. The highest BCUT2D eigenvalue weighted by Crippen LogP contribution is 2.28. The number of amides is 1. The van der Waals surface area contributed by atoms with Gasteiger partial charge in [0, 0.05) is 37.8 Å². The van der Waals surface area contributed by atoms with Crippen molar-refractivity contribution in [3.05, 3.63) is 53.9 Å². The van der Waals surface area contributed by atoms with Crippen LogP contribution >= 0.6 is 0 Å². The summed E-state index contributed by atoms with van der Waals surface area (Å²) in [6.45, 7) is 1.21. The first-order valence-electron chi connectivity index (χ1n) is 8.48. The van der Waals surface area contributed by atoms with Crippen molar-refractivity contribution in [3.63, 3.8) is 0 Å². The van der Waals surface area contributed by atoms with E-state index in [1.54, 1.807) is 41.0 Å². The number of halogens is 1. The molecule has 0 radical (unpaired) electrons. The Morgan fingerprint density at radius 3 is 3.00 bits per heavy atom. The number of aromatic nitrogens is 4. The molecule has 1 amide bonds. The molecule has 1 aliphatic rings. The minimum atomic E-state index is -0.354. The molecular weight excluding hydrogens is 337 g/mol. The maximum absolute atomic E-state index is 13.4. The van der Waals surface area contributed by atoms with Crippen molar-refractivity contribution in [2.45, 2.75) is 18.8 Å². The van der Waals surface area contributed by atoms with Gasteiger partial charge in [-0.1, -0.05) is 11.2 Å². The molecule has 4 rings (SSSR count). The van der Waals surface area contributed by atoms with Gasteiger partial charge in [-0.2, -0.15) is 10.1 Å². The maximum atomic E-state index is 13.4. The van der Waals surface area contributed by atoms with E-state index in [0.717, 1.165) is 12.8 Å². The molecule has 0 aliphatic carbocycles. The minimum Gasteiger partial charge on any atom is -0.337 e. The van der Waals surface area contributed by atoms with Crippen LogP contribution in [0.1, 0.15) is 35.1 Å². The molecule has 3 aromatic rings. The average molecular weight is 355 g/mol. The monoisotopic (exact) mass is 355 g/mol. The van der Waals surface area contributed by atoms with Gasteiger partial charge in [-0.25, -0.2) is 4.39 Å². The Morgan fingerprint density at radius 1 is 1.35 bits per heavy atom. The molecule has 7 nitrogen and oxygen atoms in total. The lowest BCUT2D eigenvalue weighted by molar-refractivity contribution is 0.0692. The Kier molecular flexibility index (Phi) is 4.24. The fourth-order valence-corrected chi connectivity index (χ4v) is 3.26. The molecular formula is C18H18FN5O2. The SMILES string of the molecule is Cn1nccc1C(=O)N1CCC[C@H](c2noc(-c3cccc(F)c3)n2)C1. The molecule has 2 aromatic heterocycles. The number of carbonyl (C=O) groups is 1. The lowest BCUT2D eigenvalue weighted by atomic mass is 9.97. The zero-order valence-electron chi connectivity index (χ0n) is 14.3. The molecule has 0 unspecified atom stereocenters. The molecule has 3 heterocycles. The number of hydrogen-bond acceptors (Lipinski definition) is 5. The first kappa shape index (κ1) is 16.4. The number of likely N-dealkylation sites (tertiary alicyclic amines) is 1. The van der Waals surface area contributed by atoms with Gasteiger partial charge in [-0.05, 0) is 37.1 Å². The van der Waals surface area contributed by atoms with Crippen LogP contribution in [-0.2, 0) is 7.05 Å². The lowest BCUT2D eigenvalue weighted by Crippen LogP contribution is -2.40. The summed E-state index contributed by atoms with van der Waals surface area (Å²) in [5.74, 6) is 0.421. The maximum Gasteiger partial charge on any atom is 0.272 e. The van der Waals surface area contributed by atoms with Gasteiger partial charge in [-0.3, -0.25) is 9.48 Å². The van der Waals surface area contributed by atoms with E-state index in [-0.39, 0.29) is 23.5 Å². The van der Waals surface area contributed by atoms with Gasteiger partial charge in [0.1, 0.15) is 11.5 Å². The second-order valence-corrected chi connectivity index (χ2v) is 6.40. The van der Waals surface area contributed by atoms with Crippen LogP contribution in [0.25, 0.3) is 11.5 Å². The predicted octanol–water partition coefficient (Wildman–Crippen LogP) is 2.63. The molecule has 0 spiro atoms. The molecule has 1 saturated heterocycles. The molecule has 0 N–H and O–H groups in total. The zero-order valence-corrected chi connectivity index (χ0v) is 14.3. The molecule has 1 fully saturated rings. The molecule has 134 valence electrons. The van der Waals surface area contributed by atoms with Crippen LogP contribution < -0.4 is 0 Å². The highest BCUT2D eigenvalue weighted by molar-refractivity contribution is 5.92. The summed E-state index contributed by atoms with van der Waals surface area (Å²) in [5, 5.41) is 8.11. The quantitative estimate of drug-likeness (QED) is 0.722. The number of carbonyl (C=O) groups excluding carboxylic acids is 1. The normalized spacial score (nSPS) is 17.5. The van der Waals surface area contributed by atoms with Gasteiger partial charge >= 0.3 is 0 Å². The summed E-state index contributed by atoms with van der Waals surface area (Å²) < 4.78 is 20.3. The summed E-state index contributed by atoms with van der Waals surface area (Å²) in [5.41, 5.74) is 1.10. The van der Waals surface area contributed by atoms with E-state index in [1.807, 2.05) is 0 Å². The van der Waals surface area contributed by atoms with Crippen molar-refractivity contribution in [2.24, 2.45) is 7.05 Å². The second-order valence-electron chi connectivity index (χ2n) is 6.40. The van der Waals surface area contributed by atoms with Gasteiger partial charge in [-0.15, -0.1) is 0 Å². The Balaban J connectivity index is 1.52. The fourth-order valence-electron chi connectivity index (χ4n) is 3.26.